The smallest absolute Gasteiger partial charge is 0.414 e. The molecular formula is C22H25F2N3O3. The first-order chi connectivity index (χ1) is 14.4. The summed E-state index contributed by atoms with van der Waals surface area (Å²) in [4.78, 5) is 14.0. The zero-order chi connectivity index (χ0) is 21.0. The number of methoxy groups -OCH3 is 1. The third kappa shape index (κ3) is 3.32. The van der Waals surface area contributed by atoms with Gasteiger partial charge in [-0.1, -0.05) is 0 Å². The number of halogens is 2. The quantitative estimate of drug-likeness (QED) is 0.700. The number of benzene rings is 1. The van der Waals surface area contributed by atoms with Gasteiger partial charge in [0.1, 0.15) is 5.75 Å². The number of ether oxygens (including phenoxy) is 2. The van der Waals surface area contributed by atoms with Gasteiger partial charge in [0.15, 0.2) is 0 Å². The molecule has 1 amide bonds. The maximum absolute atomic E-state index is 13.5. The summed E-state index contributed by atoms with van der Waals surface area (Å²) < 4.78 is 39.9. The lowest BCUT2D eigenvalue weighted by atomic mass is 9.92. The van der Waals surface area contributed by atoms with Crippen molar-refractivity contribution in [1.29, 1.82) is 0 Å². The van der Waals surface area contributed by atoms with Crippen LogP contribution >= 0.6 is 0 Å². The molecule has 0 saturated heterocycles. The van der Waals surface area contributed by atoms with E-state index in [4.69, 9.17) is 9.47 Å². The van der Waals surface area contributed by atoms with E-state index in [-0.39, 0.29) is 19.1 Å². The average Bonchev–Trinajstić information content (AvgIpc) is 3.62. The summed E-state index contributed by atoms with van der Waals surface area (Å²) >= 11 is 0. The SMILES string of the molecule is COC(=O)N1c2ccc(-c3cnn(C4CC4)c3)c(OC[C@@H]3CC3(F)F)c2CC[C@@H]1C. The van der Waals surface area contributed by atoms with Gasteiger partial charge in [-0.15, -0.1) is 0 Å². The van der Waals surface area contributed by atoms with Crippen molar-refractivity contribution in [2.45, 2.75) is 57.0 Å². The van der Waals surface area contributed by atoms with Crippen molar-refractivity contribution in [2.75, 3.05) is 18.6 Å². The Hall–Kier alpha value is -2.64. The summed E-state index contributed by atoms with van der Waals surface area (Å²) in [5, 5.41) is 4.46. The minimum absolute atomic E-state index is 0.0194. The number of amides is 1. The maximum atomic E-state index is 13.5. The van der Waals surface area contributed by atoms with Gasteiger partial charge in [-0.2, -0.15) is 5.10 Å². The van der Waals surface area contributed by atoms with Crippen molar-refractivity contribution >= 4 is 11.8 Å². The molecule has 160 valence electrons. The van der Waals surface area contributed by atoms with E-state index < -0.39 is 17.9 Å². The minimum atomic E-state index is -2.64. The summed E-state index contributed by atoms with van der Waals surface area (Å²) in [6.07, 6.45) is 6.90. The van der Waals surface area contributed by atoms with Gasteiger partial charge >= 0.3 is 6.09 Å². The molecule has 30 heavy (non-hydrogen) atoms. The van der Waals surface area contributed by atoms with Crippen molar-refractivity contribution in [2.24, 2.45) is 5.92 Å². The van der Waals surface area contributed by atoms with Gasteiger partial charge < -0.3 is 9.47 Å². The number of nitrogens with zero attached hydrogens (tertiary/aromatic N) is 3. The highest BCUT2D eigenvalue weighted by atomic mass is 19.3. The normalized spacial score (nSPS) is 24.3. The van der Waals surface area contributed by atoms with Crippen LogP contribution in [0.15, 0.2) is 24.5 Å². The molecule has 0 N–H and O–H groups in total. The second-order valence-electron chi connectivity index (χ2n) is 8.58. The molecule has 1 aliphatic heterocycles. The Morgan fingerprint density at radius 3 is 2.73 bits per heavy atom. The Morgan fingerprint density at radius 1 is 1.30 bits per heavy atom. The number of aromatic nitrogens is 2. The summed E-state index contributed by atoms with van der Waals surface area (Å²) in [5.74, 6) is -2.82. The van der Waals surface area contributed by atoms with Crippen molar-refractivity contribution < 1.29 is 23.0 Å². The van der Waals surface area contributed by atoms with Gasteiger partial charge in [-0.05, 0) is 44.7 Å². The zero-order valence-electron chi connectivity index (χ0n) is 17.1. The fourth-order valence-electron chi connectivity index (χ4n) is 4.22. The van der Waals surface area contributed by atoms with Crippen LogP contribution in [0.4, 0.5) is 19.3 Å². The number of carbonyl (C=O) groups excluding carboxylic acids is 1. The second-order valence-corrected chi connectivity index (χ2v) is 8.58. The molecule has 1 aromatic heterocycles. The Balaban J connectivity index is 1.55. The monoisotopic (exact) mass is 417 g/mol. The molecule has 2 fully saturated rings. The molecule has 0 spiro atoms. The first-order valence-corrected chi connectivity index (χ1v) is 10.5. The molecule has 2 aliphatic carbocycles. The van der Waals surface area contributed by atoms with Crippen LogP contribution in [0.1, 0.15) is 44.2 Å². The number of hydrogen-bond acceptors (Lipinski definition) is 4. The molecule has 1 aromatic carbocycles. The van der Waals surface area contributed by atoms with Crippen LogP contribution in [0.5, 0.6) is 5.75 Å². The molecule has 0 radical (unpaired) electrons. The highest BCUT2D eigenvalue weighted by Crippen LogP contribution is 2.50. The molecule has 2 saturated carbocycles. The van der Waals surface area contributed by atoms with Gasteiger partial charge in [0.2, 0.25) is 0 Å². The van der Waals surface area contributed by atoms with Gasteiger partial charge in [0, 0.05) is 35.3 Å². The highest BCUT2D eigenvalue weighted by molar-refractivity contribution is 5.92. The van der Waals surface area contributed by atoms with Gasteiger partial charge in [-0.3, -0.25) is 9.58 Å². The van der Waals surface area contributed by atoms with Crippen molar-refractivity contribution in [1.82, 2.24) is 9.78 Å². The highest BCUT2D eigenvalue weighted by Gasteiger charge is 2.57. The lowest BCUT2D eigenvalue weighted by Gasteiger charge is -2.35. The third-order valence-corrected chi connectivity index (χ3v) is 6.34. The fourth-order valence-corrected chi connectivity index (χ4v) is 4.22. The van der Waals surface area contributed by atoms with Crippen LogP contribution < -0.4 is 9.64 Å². The van der Waals surface area contributed by atoms with Crippen molar-refractivity contribution in [3.63, 3.8) is 0 Å². The predicted molar refractivity (Wildman–Crippen MR) is 107 cm³/mol. The van der Waals surface area contributed by atoms with Gasteiger partial charge in [0.05, 0.1) is 37.6 Å². The van der Waals surface area contributed by atoms with Gasteiger partial charge in [0.25, 0.3) is 5.92 Å². The van der Waals surface area contributed by atoms with Crippen LogP contribution in [0.2, 0.25) is 0 Å². The Labute approximate surface area is 173 Å². The van der Waals surface area contributed by atoms with Crippen LogP contribution in [0, 0.1) is 5.92 Å². The van der Waals surface area contributed by atoms with E-state index in [9.17, 15) is 13.6 Å². The standard InChI is InChI=1S/C22H25F2N3O3/c1-13-3-6-18-19(27(13)21(28)29-2)8-7-17(14-10-25-26(11-14)16-4-5-16)20(18)30-12-15-9-22(15,23)24/h7-8,10-11,13,15-16H,3-6,9,12H2,1-2H3/t13-,15-/m0/s1. The fraction of sp³-hybridized carbons (Fsp3) is 0.545. The number of alkyl halides is 2. The van der Waals surface area contributed by atoms with Crippen LogP contribution in [0.25, 0.3) is 11.1 Å². The Bertz CT molecular complexity index is 986. The number of carbonyl (C=O) groups is 1. The Morgan fingerprint density at radius 2 is 2.07 bits per heavy atom. The van der Waals surface area contributed by atoms with E-state index >= 15 is 0 Å². The van der Waals surface area contributed by atoms with Crippen molar-refractivity contribution in [3.8, 4) is 16.9 Å². The lowest BCUT2D eigenvalue weighted by Crippen LogP contribution is -2.42. The maximum Gasteiger partial charge on any atom is 0.414 e. The largest absolute Gasteiger partial charge is 0.492 e. The predicted octanol–water partition coefficient (Wildman–Crippen LogP) is 4.83. The summed E-state index contributed by atoms with van der Waals surface area (Å²) in [6.45, 7) is 1.93. The molecule has 2 atom stereocenters. The molecular weight excluding hydrogens is 392 g/mol. The summed E-state index contributed by atoms with van der Waals surface area (Å²) in [7, 11) is 1.36. The molecule has 6 nitrogen and oxygen atoms in total. The lowest BCUT2D eigenvalue weighted by molar-refractivity contribution is 0.0855. The number of fused-ring (bicyclic) bond motifs is 1. The van der Waals surface area contributed by atoms with E-state index in [1.165, 1.54) is 7.11 Å². The molecule has 0 unspecified atom stereocenters. The van der Waals surface area contributed by atoms with Crippen LogP contribution in [-0.2, 0) is 11.2 Å². The van der Waals surface area contributed by atoms with E-state index in [0.717, 1.165) is 41.6 Å². The first-order valence-electron chi connectivity index (χ1n) is 10.5. The summed E-state index contributed by atoms with van der Waals surface area (Å²) in [5.41, 5.74) is 3.30. The molecule has 2 heterocycles. The molecule has 8 heteroatoms. The first kappa shape index (κ1) is 19.3. The molecule has 3 aliphatic rings. The average molecular weight is 417 g/mol. The van der Waals surface area contributed by atoms with Crippen molar-refractivity contribution in [3.05, 3.63) is 30.1 Å². The zero-order valence-corrected chi connectivity index (χ0v) is 17.1. The Kier molecular flexibility index (Phi) is 4.48. The van der Waals surface area contributed by atoms with E-state index in [1.54, 1.807) is 11.1 Å². The minimum Gasteiger partial charge on any atom is -0.492 e. The van der Waals surface area contributed by atoms with E-state index in [2.05, 4.69) is 5.10 Å². The number of hydrogen-bond donors (Lipinski definition) is 0. The molecule has 5 rings (SSSR count). The topological polar surface area (TPSA) is 56.6 Å². The number of anilines is 1. The third-order valence-electron chi connectivity index (χ3n) is 6.34. The second kappa shape index (κ2) is 6.96. The van der Waals surface area contributed by atoms with E-state index in [1.807, 2.05) is 29.9 Å². The molecule has 2 aromatic rings. The number of rotatable bonds is 5. The van der Waals surface area contributed by atoms with E-state index in [0.29, 0.717) is 18.2 Å². The van der Waals surface area contributed by atoms with Crippen LogP contribution in [0.3, 0.4) is 0 Å². The molecule has 0 bridgehead atoms. The van der Waals surface area contributed by atoms with Crippen LogP contribution in [-0.4, -0.2) is 41.6 Å². The van der Waals surface area contributed by atoms with Gasteiger partial charge in [-0.25, -0.2) is 13.6 Å². The summed E-state index contributed by atoms with van der Waals surface area (Å²) in [6, 6.07) is 4.21.